The van der Waals surface area contributed by atoms with Gasteiger partial charge in [0.05, 0.1) is 5.75 Å². The first-order valence-corrected chi connectivity index (χ1v) is 8.94. The Morgan fingerprint density at radius 1 is 1.15 bits per heavy atom. The van der Waals surface area contributed by atoms with E-state index in [0.717, 1.165) is 35.7 Å². The molecule has 0 aliphatic rings. The quantitative estimate of drug-likeness (QED) is 0.626. The lowest BCUT2D eigenvalue weighted by molar-refractivity contribution is -0.113. The van der Waals surface area contributed by atoms with Crippen LogP contribution >= 0.6 is 11.8 Å². The monoisotopic (exact) mass is 390 g/mol. The van der Waals surface area contributed by atoms with Crippen molar-refractivity contribution in [1.82, 2.24) is 14.8 Å². The number of halogens is 2. The number of hydrogen-bond donors (Lipinski definition) is 1. The molecule has 0 spiro atoms. The molecular formula is C18H16F2N4O2S. The summed E-state index contributed by atoms with van der Waals surface area (Å²) in [7, 11) is 1.77. The van der Waals surface area contributed by atoms with E-state index in [-0.39, 0.29) is 18.0 Å². The second-order valence-corrected chi connectivity index (χ2v) is 6.50. The van der Waals surface area contributed by atoms with E-state index >= 15 is 0 Å². The van der Waals surface area contributed by atoms with Crippen LogP contribution in [0.5, 0.6) is 5.75 Å². The number of nitrogens with zero attached hydrogens (tertiary/aromatic N) is 3. The molecule has 140 valence electrons. The van der Waals surface area contributed by atoms with Gasteiger partial charge in [0.15, 0.2) is 11.0 Å². The number of hydrogen-bond acceptors (Lipinski definition) is 5. The minimum atomic E-state index is -0.755. The average Bonchev–Trinajstić information content (AvgIpc) is 2.98. The maximum absolute atomic E-state index is 13.2. The number of ether oxygens (including phenoxy) is 1. The van der Waals surface area contributed by atoms with E-state index in [1.54, 1.807) is 11.6 Å². The fourth-order valence-corrected chi connectivity index (χ4v) is 2.94. The van der Waals surface area contributed by atoms with Crippen molar-refractivity contribution in [3.8, 4) is 5.75 Å². The van der Waals surface area contributed by atoms with Gasteiger partial charge in [-0.05, 0) is 24.3 Å². The molecule has 0 unspecified atom stereocenters. The van der Waals surface area contributed by atoms with Crippen LogP contribution < -0.4 is 10.1 Å². The number of benzene rings is 2. The highest BCUT2D eigenvalue weighted by atomic mass is 32.2. The van der Waals surface area contributed by atoms with Crippen LogP contribution in [0, 0.1) is 11.6 Å². The summed E-state index contributed by atoms with van der Waals surface area (Å²) in [6, 6.07) is 12.2. The summed E-state index contributed by atoms with van der Waals surface area (Å²) in [4.78, 5) is 12.0. The SMILES string of the molecule is Cn1c(COc2ccccc2)nnc1SCC(=O)Nc1cc(F)cc(F)c1. The lowest BCUT2D eigenvalue weighted by Gasteiger charge is -2.07. The van der Waals surface area contributed by atoms with Gasteiger partial charge in [-0.1, -0.05) is 30.0 Å². The third-order valence-corrected chi connectivity index (χ3v) is 4.54. The van der Waals surface area contributed by atoms with Crippen molar-refractivity contribution in [3.05, 3.63) is 66.0 Å². The van der Waals surface area contributed by atoms with Crippen LogP contribution in [-0.4, -0.2) is 26.4 Å². The molecule has 3 rings (SSSR count). The molecule has 27 heavy (non-hydrogen) atoms. The van der Waals surface area contributed by atoms with Gasteiger partial charge in [0.1, 0.15) is 24.0 Å². The second-order valence-electron chi connectivity index (χ2n) is 5.55. The molecule has 9 heteroatoms. The maximum atomic E-state index is 13.2. The Kier molecular flexibility index (Phi) is 6.02. The molecule has 0 fully saturated rings. The predicted molar refractivity (Wildman–Crippen MR) is 97.5 cm³/mol. The number of para-hydroxylation sites is 1. The van der Waals surface area contributed by atoms with Crippen LogP contribution in [0.25, 0.3) is 0 Å². The minimum absolute atomic E-state index is 0.0175. The lowest BCUT2D eigenvalue weighted by Crippen LogP contribution is -2.15. The lowest BCUT2D eigenvalue weighted by atomic mass is 10.3. The Bertz CT molecular complexity index is 914. The van der Waals surface area contributed by atoms with E-state index in [1.807, 2.05) is 30.3 Å². The molecule has 0 atom stereocenters. The molecule has 1 heterocycles. The highest BCUT2D eigenvalue weighted by Crippen LogP contribution is 2.18. The summed E-state index contributed by atoms with van der Waals surface area (Å²) in [5.41, 5.74) is 0.0630. The molecule has 0 radical (unpaired) electrons. The molecule has 2 aromatic carbocycles. The van der Waals surface area contributed by atoms with Crippen LogP contribution in [0.15, 0.2) is 53.7 Å². The normalized spacial score (nSPS) is 10.6. The maximum Gasteiger partial charge on any atom is 0.234 e. The van der Waals surface area contributed by atoms with Gasteiger partial charge in [-0.3, -0.25) is 4.79 Å². The smallest absolute Gasteiger partial charge is 0.234 e. The number of rotatable bonds is 7. The zero-order valence-electron chi connectivity index (χ0n) is 14.4. The van der Waals surface area contributed by atoms with E-state index in [2.05, 4.69) is 15.5 Å². The predicted octanol–water partition coefficient (Wildman–Crippen LogP) is 3.40. The van der Waals surface area contributed by atoms with Gasteiger partial charge in [0.25, 0.3) is 0 Å². The molecule has 1 amide bonds. The highest BCUT2D eigenvalue weighted by Gasteiger charge is 2.13. The Morgan fingerprint density at radius 2 is 1.85 bits per heavy atom. The fourth-order valence-electron chi connectivity index (χ4n) is 2.21. The van der Waals surface area contributed by atoms with Gasteiger partial charge >= 0.3 is 0 Å². The van der Waals surface area contributed by atoms with Gasteiger partial charge < -0.3 is 14.6 Å². The van der Waals surface area contributed by atoms with Crippen molar-refractivity contribution in [2.24, 2.45) is 7.05 Å². The topological polar surface area (TPSA) is 69.0 Å². The number of nitrogens with one attached hydrogen (secondary N) is 1. The van der Waals surface area contributed by atoms with Gasteiger partial charge in [-0.15, -0.1) is 10.2 Å². The summed E-state index contributed by atoms with van der Waals surface area (Å²) >= 11 is 1.16. The van der Waals surface area contributed by atoms with Crippen LogP contribution in [0.4, 0.5) is 14.5 Å². The van der Waals surface area contributed by atoms with Gasteiger partial charge in [-0.25, -0.2) is 8.78 Å². The number of carbonyl (C=O) groups excluding carboxylic acids is 1. The zero-order chi connectivity index (χ0) is 19.2. The molecule has 0 aliphatic carbocycles. The molecule has 3 aromatic rings. The number of anilines is 1. The van der Waals surface area contributed by atoms with Crippen LogP contribution in [-0.2, 0) is 18.4 Å². The van der Waals surface area contributed by atoms with Crippen molar-refractivity contribution in [2.75, 3.05) is 11.1 Å². The Morgan fingerprint density at radius 3 is 2.56 bits per heavy atom. The molecule has 0 saturated heterocycles. The average molecular weight is 390 g/mol. The Hall–Kier alpha value is -2.94. The summed E-state index contributed by atoms with van der Waals surface area (Å²) in [6.07, 6.45) is 0. The molecule has 0 saturated carbocycles. The van der Waals surface area contributed by atoms with Gasteiger partial charge in [0, 0.05) is 18.8 Å². The van der Waals surface area contributed by atoms with Crippen LogP contribution in [0.3, 0.4) is 0 Å². The third-order valence-electron chi connectivity index (χ3n) is 3.51. The Labute approximate surface area is 158 Å². The number of aromatic nitrogens is 3. The number of thioether (sulfide) groups is 1. The van der Waals surface area contributed by atoms with Crippen molar-refractivity contribution < 1.29 is 18.3 Å². The summed E-state index contributed by atoms with van der Waals surface area (Å²) in [5.74, 6) is -0.576. The largest absolute Gasteiger partial charge is 0.486 e. The highest BCUT2D eigenvalue weighted by molar-refractivity contribution is 7.99. The number of carbonyl (C=O) groups is 1. The van der Waals surface area contributed by atoms with E-state index in [9.17, 15) is 13.6 Å². The first kappa shape index (κ1) is 18.8. The minimum Gasteiger partial charge on any atom is -0.486 e. The third kappa shape index (κ3) is 5.27. The standard InChI is InChI=1S/C18H16F2N4O2S/c1-24-16(10-26-15-5-3-2-4-6-15)22-23-18(24)27-11-17(25)21-14-8-12(19)7-13(20)9-14/h2-9H,10-11H2,1H3,(H,21,25). The number of amides is 1. The summed E-state index contributed by atoms with van der Waals surface area (Å²) < 4.78 is 33.7. The van der Waals surface area contributed by atoms with E-state index in [1.165, 1.54) is 0 Å². The van der Waals surface area contributed by atoms with E-state index < -0.39 is 17.5 Å². The summed E-state index contributed by atoms with van der Waals surface area (Å²) in [6.45, 7) is 0.239. The van der Waals surface area contributed by atoms with Crippen LogP contribution in [0.1, 0.15) is 5.82 Å². The zero-order valence-corrected chi connectivity index (χ0v) is 15.2. The first-order valence-electron chi connectivity index (χ1n) is 7.96. The van der Waals surface area contributed by atoms with Gasteiger partial charge in [-0.2, -0.15) is 0 Å². The first-order chi connectivity index (χ1) is 13.0. The Balaban J connectivity index is 1.53. The molecule has 1 N–H and O–H groups in total. The van der Waals surface area contributed by atoms with Crippen molar-refractivity contribution >= 4 is 23.4 Å². The van der Waals surface area contributed by atoms with Crippen molar-refractivity contribution in [2.45, 2.75) is 11.8 Å². The molecule has 0 aliphatic heterocycles. The molecule has 6 nitrogen and oxygen atoms in total. The molecule has 1 aromatic heterocycles. The second kappa shape index (κ2) is 8.63. The fraction of sp³-hybridized carbons (Fsp3) is 0.167. The van der Waals surface area contributed by atoms with Crippen molar-refractivity contribution in [3.63, 3.8) is 0 Å². The van der Waals surface area contributed by atoms with Gasteiger partial charge in [0.2, 0.25) is 5.91 Å². The molecular weight excluding hydrogens is 374 g/mol. The van der Waals surface area contributed by atoms with Crippen molar-refractivity contribution in [1.29, 1.82) is 0 Å². The summed E-state index contributed by atoms with van der Waals surface area (Å²) in [5, 5.41) is 11.1. The van der Waals surface area contributed by atoms with Crippen LogP contribution in [0.2, 0.25) is 0 Å². The van der Waals surface area contributed by atoms with E-state index in [0.29, 0.717) is 11.0 Å². The molecule has 0 bridgehead atoms. The van der Waals surface area contributed by atoms with E-state index in [4.69, 9.17) is 4.74 Å².